The molecule has 0 spiro atoms. The van der Waals surface area contributed by atoms with Crippen molar-refractivity contribution in [1.82, 2.24) is 35.5 Å². The molecule has 0 bridgehead atoms. The van der Waals surface area contributed by atoms with E-state index >= 15 is 0 Å². The van der Waals surface area contributed by atoms with Crippen LogP contribution in [0.15, 0.2) is 48.8 Å². The number of nitrogens with zero attached hydrogens (tertiary/aromatic N) is 5. The molecule has 2 aromatic carbocycles. The van der Waals surface area contributed by atoms with Gasteiger partial charge in [0.2, 0.25) is 17.7 Å². The lowest BCUT2D eigenvalue weighted by Crippen LogP contribution is -2.49. The Labute approximate surface area is 284 Å². The summed E-state index contributed by atoms with van der Waals surface area (Å²) in [6.45, 7) is 3.39. The second kappa shape index (κ2) is 14.9. The third-order valence-electron chi connectivity index (χ3n) is 8.60. The van der Waals surface area contributed by atoms with E-state index in [1.165, 1.54) is 0 Å². The van der Waals surface area contributed by atoms with Crippen molar-refractivity contribution in [3.63, 3.8) is 0 Å². The number of hydrogen-bond donors (Lipinski definition) is 2. The predicted octanol–water partition coefficient (Wildman–Crippen LogP) is 5.18. The lowest BCUT2D eigenvalue weighted by molar-refractivity contribution is -0.119. The first kappa shape index (κ1) is 33.0. The number of rotatable bonds is 13. The fraction of sp³-hybridized carbons (Fsp3) is 0.382. The van der Waals surface area contributed by atoms with Crippen LogP contribution < -0.4 is 20.1 Å². The summed E-state index contributed by atoms with van der Waals surface area (Å²) in [5.41, 5.74) is 5.45. The van der Waals surface area contributed by atoms with Crippen LogP contribution in [-0.2, 0) is 22.6 Å². The number of nitrogens with one attached hydrogen (secondary N) is 2. The first-order valence-corrected chi connectivity index (χ1v) is 16.3. The number of aromatic nitrogens is 4. The van der Waals surface area contributed by atoms with Crippen molar-refractivity contribution in [2.45, 2.75) is 44.4 Å². The van der Waals surface area contributed by atoms with Crippen LogP contribution in [0.4, 0.5) is 0 Å². The van der Waals surface area contributed by atoms with Gasteiger partial charge in [-0.2, -0.15) is 0 Å². The van der Waals surface area contributed by atoms with Gasteiger partial charge in [0.15, 0.2) is 0 Å². The smallest absolute Gasteiger partial charge is 0.237 e. The Morgan fingerprint density at radius 3 is 2.00 bits per heavy atom. The van der Waals surface area contributed by atoms with Crippen LogP contribution in [0.2, 0.25) is 10.0 Å². The highest BCUT2D eigenvalue weighted by atomic mass is 35.5. The van der Waals surface area contributed by atoms with E-state index in [1.54, 1.807) is 33.7 Å². The molecule has 2 aromatic heterocycles. The van der Waals surface area contributed by atoms with Crippen LogP contribution >= 0.6 is 23.2 Å². The van der Waals surface area contributed by atoms with Gasteiger partial charge in [0, 0.05) is 74.0 Å². The molecule has 4 aromatic rings. The van der Waals surface area contributed by atoms with E-state index in [-0.39, 0.29) is 11.9 Å². The number of amides is 1. The third-order valence-corrected chi connectivity index (χ3v) is 9.41. The molecule has 11 nitrogen and oxygen atoms in total. The van der Waals surface area contributed by atoms with Gasteiger partial charge in [0.1, 0.15) is 11.4 Å². The van der Waals surface area contributed by atoms with Crippen molar-refractivity contribution in [1.29, 1.82) is 0 Å². The van der Waals surface area contributed by atoms with Crippen LogP contribution in [0.1, 0.15) is 30.7 Å². The van der Waals surface area contributed by atoms with Gasteiger partial charge in [0.25, 0.3) is 0 Å². The Balaban J connectivity index is 1.23. The molecule has 4 heterocycles. The van der Waals surface area contributed by atoms with E-state index in [1.807, 2.05) is 36.4 Å². The van der Waals surface area contributed by atoms with E-state index in [0.717, 1.165) is 36.2 Å². The Hall–Kier alpha value is -3.87. The average Bonchev–Trinajstić information content (AvgIpc) is 3.50. The molecule has 2 N–H and O–H groups in total. The molecule has 246 valence electrons. The van der Waals surface area contributed by atoms with Crippen LogP contribution in [0.5, 0.6) is 11.8 Å². The van der Waals surface area contributed by atoms with Gasteiger partial charge in [-0.25, -0.2) is 9.97 Å². The molecule has 47 heavy (non-hydrogen) atoms. The minimum absolute atomic E-state index is 0.0862. The molecule has 2 saturated heterocycles. The Morgan fingerprint density at radius 1 is 0.872 bits per heavy atom. The number of carbonyl (C=O) groups is 1. The van der Waals surface area contributed by atoms with Gasteiger partial charge in [-0.1, -0.05) is 59.6 Å². The van der Waals surface area contributed by atoms with E-state index < -0.39 is 0 Å². The standard InChI is InChI=1S/C34H37Cl2N7O4/c1-45-19-21-12-13-43(21)18-29-34(47-3)42-27(17-39-29)25-9-5-7-23(32(25)36)22-6-4-8-24(31(22)35)26-16-38-28(33(41-26)46-2)15-37-14-20-10-11-30(44)40-20/h4-9,16-17,20-21,37H,10-15,18-19H2,1-3H3,(H,40,44). The number of halogens is 2. The van der Waals surface area contributed by atoms with Crippen molar-refractivity contribution >= 4 is 29.1 Å². The molecular formula is C34H37Cl2N7O4. The summed E-state index contributed by atoms with van der Waals surface area (Å²) >= 11 is 14.1. The van der Waals surface area contributed by atoms with Crippen molar-refractivity contribution in [2.75, 3.05) is 41.0 Å². The monoisotopic (exact) mass is 677 g/mol. The number of hydrogen-bond acceptors (Lipinski definition) is 10. The maximum atomic E-state index is 11.5. The summed E-state index contributed by atoms with van der Waals surface area (Å²) in [7, 11) is 4.88. The topological polar surface area (TPSA) is 124 Å². The molecule has 0 saturated carbocycles. The lowest BCUT2D eigenvalue weighted by atomic mass is 9.98. The molecular weight excluding hydrogens is 641 g/mol. The Morgan fingerprint density at radius 2 is 1.47 bits per heavy atom. The summed E-state index contributed by atoms with van der Waals surface area (Å²) in [5, 5.41) is 7.25. The number of benzene rings is 2. The fourth-order valence-corrected chi connectivity index (χ4v) is 6.61. The maximum Gasteiger partial charge on any atom is 0.237 e. The molecule has 2 fully saturated rings. The van der Waals surface area contributed by atoms with Gasteiger partial charge in [-0.15, -0.1) is 0 Å². The largest absolute Gasteiger partial charge is 0.480 e. The molecule has 2 aliphatic rings. The van der Waals surface area contributed by atoms with Crippen molar-refractivity contribution in [3.05, 3.63) is 70.2 Å². The number of methoxy groups -OCH3 is 3. The molecule has 2 atom stereocenters. The van der Waals surface area contributed by atoms with Crippen molar-refractivity contribution in [2.24, 2.45) is 0 Å². The van der Waals surface area contributed by atoms with Crippen LogP contribution in [0.3, 0.4) is 0 Å². The molecule has 6 rings (SSSR count). The number of likely N-dealkylation sites (tertiary alicyclic amines) is 1. The molecule has 13 heteroatoms. The maximum absolute atomic E-state index is 11.5. The second-order valence-electron chi connectivity index (χ2n) is 11.6. The van der Waals surface area contributed by atoms with E-state index in [4.69, 9.17) is 52.4 Å². The molecule has 2 unspecified atom stereocenters. The quantitative estimate of drug-likeness (QED) is 0.196. The zero-order valence-corrected chi connectivity index (χ0v) is 28.1. The van der Waals surface area contributed by atoms with Gasteiger partial charge < -0.3 is 24.8 Å². The zero-order valence-electron chi connectivity index (χ0n) is 26.6. The highest BCUT2D eigenvalue weighted by Crippen LogP contribution is 2.42. The summed E-state index contributed by atoms with van der Waals surface area (Å²) in [5.74, 6) is 0.943. The minimum Gasteiger partial charge on any atom is -0.480 e. The summed E-state index contributed by atoms with van der Waals surface area (Å²) in [4.78, 5) is 32.6. The highest BCUT2D eigenvalue weighted by Gasteiger charge is 2.29. The normalized spacial score (nSPS) is 17.8. The minimum atomic E-state index is 0.0862. The highest BCUT2D eigenvalue weighted by molar-refractivity contribution is 6.39. The SMILES string of the molecule is COCC1CCN1Cc1ncc(-c2cccc(-c3cccc(-c4cnc(CNCC5CCC(=O)N5)c(OC)n4)c3Cl)c2Cl)nc1OC. The Bertz CT molecular complexity index is 1760. The lowest BCUT2D eigenvalue weighted by Gasteiger charge is -2.40. The molecule has 1 amide bonds. The van der Waals surface area contributed by atoms with Gasteiger partial charge >= 0.3 is 0 Å². The van der Waals surface area contributed by atoms with E-state index in [0.29, 0.717) is 88.7 Å². The summed E-state index contributed by atoms with van der Waals surface area (Å²) in [6.07, 6.45) is 5.89. The zero-order chi connectivity index (χ0) is 32.9. The van der Waals surface area contributed by atoms with E-state index in [2.05, 4.69) is 20.5 Å². The van der Waals surface area contributed by atoms with E-state index in [9.17, 15) is 4.79 Å². The first-order valence-electron chi connectivity index (χ1n) is 15.5. The van der Waals surface area contributed by atoms with Crippen LogP contribution in [-0.4, -0.2) is 83.9 Å². The number of carbonyl (C=O) groups excluding carboxylic acids is 1. The van der Waals surface area contributed by atoms with Gasteiger partial charge in [-0.3, -0.25) is 19.7 Å². The Kier molecular flexibility index (Phi) is 10.5. The average molecular weight is 679 g/mol. The third kappa shape index (κ3) is 7.19. The molecule has 0 aliphatic carbocycles. The van der Waals surface area contributed by atoms with Crippen LogP contribution in [0, 0.1) is 0 Å². The van der Waals surface area contributed by atoms with Crippen molar-refractivity contribution < 1.29 is 19.0 Å². The summed E-state index contributed by atoms with van der Waals surface area (Å²) < 4.78 is 16.6. The fourth-order valence-electron chi connectivity index (χ4n) is 5.96. The predicted molar refractivity (Wildman–Crippen MR) is 181 cm³/mol. The van der Waals surface area contributed by atoms with Gasteiger partial charge in [0.05, 0.1) is 54.7 Å². The number of ether oxygens (including phenoxy) is 3. The van der Waals surface area contributed by atoms with Crippen LogP contribution in [0.25, 0.3) is 33.6 Å². The van der Waals surface area contributed by atoms with Crippen molar-refractivity contribution in [3.8, 4) is 45.4 Å². The van der Waals surface area contributed by atoms with Gasteiger partial charge in [-0.05, 0) is 12.8 Å². The molecule has 0 radical (unpaired) electrons. The first-order chi connectivity index (χ1) is 22.9. The second-order valence-corrected chi connectivity index (χ2v) is 12.3. The summed E-state index contributed by atoms with van der Waals surface area (Å²) in [6, 6.07) is 11.9. The molecule has 2 aliphatic heterocycles.